The van der Waals surface area contributed by atoms with Gasteiger partial charge in [-0.2, -0.15) is 0 Å². The Bertz CT molecular complexity index is 530. The minimum absolute atomic E-state index is 0.00831. The van der Waals surface area contributed by atoms with Gasteiger partial charge in [0.25, 0.3) is 0 Å². The molecule has 0 saturated carbocycles. The summed E-state index contributed by atoms with van der Waals surface area (Å²) in [6, 6.07) is 6.78. The molecule has 1 aromatic rings. The monoisotopic (exact) mass is 303 g/mol. The second-order valence-corrected chi connectivity index (χ2v) is 5.93. The molecule has 0 aromatic heterocycles. The number of ketones is 1. The summed E-state index contributed by atoms with van der Waals surface area (Å²) in [5, 5.41) is 5.70. The van der Waals surface area contributed by atoms with E-state index in [2.05, 4.69) is 22.5 Å². The van der Waals surface area contributed by atoms with E-state index < -0.39 is 0 Å². The first-order valence-electron chi connectivity index (χ1n) is 7.96. The summed E-state index contributed by atoms with van der Waals surface area (Å²) in [6.07, 6.45) is 2.31. The topological polar surface area (TPSA) is 61.4 Å². The average molecular weight is 303 g/mol. The highest BCUT2D eigenvalue weighted by atomic mass is 16.2. The van der Waals surface area contributed by atoms with E-state index in [1.807, 2.05) is 0 Å². The molecule has 1 unspecified atom stereocenters. The lowest BCUT2D eigenvalue weighted by molar-refractivity contribution is 0.101. The molecule has 1 aliphatic rings. The summed E-state index contributed by atoms with van der Waals surface area (Å²) >= 11 is 0. The number of amides is 2. The van der Waals surface area contributed by atoms with E-state index in [-0.39, 0.29) is 11.8 Å². The average Bonchev–Trinajstić information content (AvgIpc) is 2.93. The zero-order valence-corrected chi connectivity index (χ0v) is 13.4. The largest absolute Gasteiger partial charge is 0.338 e. The molecule has 5 nitrogen and oxygen atoms in total. The van der Waals surface area contributed by atoms with Crippen LogP contribution in [0.2, 0.25) is 0 Å². The summed E-state index contributed by atoms with van der Waals surface area (Å²) < 4.78 is 0. The third-order valence-corrected chi connectivity index (χ3v) is 3.99. The van der Waals surface area contributed by atoms with Gasteiger partial charge in [0.15, 0.2) is 5.78 Å². The van der Waals surface area contributed by atoms with Gasteiger partial charge in [0.2, 0.25) is 0 Å². The van der Waals surface area contributed by atoms with Crippen LogP contribution >= 0.6 is 0 Å². The molecule has 1 aromatic carbocycles. The third-order valence-electron chi connectivity index (χ3n) is 3.99. The van der Waals surface area contributed by atoms with Crippen molar-refractivity contribution in [3.8, 4) is 0 Å². The summed E-state index contributed by atoms with van der Waals surface area (Å²) in [7, 11) is 0. The van der Waals surface area contributed by atoms with E-state index in [1.54, 1.807) is 24.3 Å². The first-order chi connectivity index (χ1) is 10.6. The second-order valence-electron chi connectivity index (χ2n) is 5.93. The molecule has 2 amide bonds. The van der Waals surface area contributed by atoms with E-state index in [9.17, 15) is 9.59 Å². The van der Waals surface area contributed by atoms with Crippen molar-refractivity contribution in [1.29, 1.82) is 0 Å². The Morgan fingerprint density at radius 2 is 2.18 bits per heavy atom. The fourth-order valence-electron chi connectivity index (χ4n) is 2.83. The van der Waals surface area contributed by atoms with Crippen LogP contribution in [0.15, 0.2) is 24.3 Å². The number of nitrogens with zero attached hydrogens (tertiary/aromatic N) is 1. The van der Waals surface area contributed by atoms with Crippen LogP contribution in [0.3, 0.4) is 0 Å². The molecule has 1 atom stereocenters. The Morgan fingerprint density at radius 3 is 2.91 bits per heavy atom. The van der Waals surface area contributed by atoms with Crippen LogP contribution in [0.4, 0.5) is 10.5 Å². The Morgan fingerprint density at radius 1 is 1.36 bits per heavy atom. The van der Waals surface area contributed by atoms with Gasteiger partial charge >= 0.3 is 6.03 Å². The molecule has 120 valence electrons. The highest BCUT2D eigenvalue weighted by molar-refractivity contribution is 5.96. The van der Waals surface area contributed by atoms with Gasteiger partial charge in [-0.3, -0.25) is 4.79 Å². The van der Waals surface area contributed by atoms with Gasteiger partial charge in [-0.25, -0.2) is 4.79 Å². The normalized spacial score (nSPS) is 18.2. The lowest BCUT2D eigenvalue weighted by atomic mass is 10.1. The Balaban J connectivity index is 1.76. The number of rotatable bonds is 6. The van der Waals surface area contributed by atoms with E-state index in [1.165, 1.54) is 13.3 Å². The van der Waals surface area contributed by atoms with Crippen LogP contribution in [0, 0.1) is 5.92 Å². The van der Waals surface area contributed by atoms with Gasteiger partial charge in [0.05, 0.1) is 0 Å². The fourth-order valence-corrected chi connectivity index (χ4v) is 2.83. The van der Waals surface area contributed by atoms with Crippen LogP contribution in [-0.2, 0) is 0 Å². The second kappa shape index (κ2) is 7.94. The molecular weight excluding hydrogens is 278 g/mol. The standard InChI is InChI=1S/C17H25N3O2/c1-3-8-20-9-7-14(12-20)11-18-17(22)19-16-6-4-5-15(10-16)13(2)21/h4-6,10,14H,3,7-9,11-12H2,1-2H3,(H2,18,19,22). The number of anilines is 1. The number of likely N-dealkylation sites (tertiary alicyclic amines) is 1. The summed E-state index contributed by atoms with van der Waals surface area (Å²) in [6.45, 7) is 7.73. The van der Waals surface area contributed by atoms with Gasteiger partial charge in [-0.05, 0) is 50.9 Å². The Hall–Kier alpha value is -1.88. The predicted octanol–water partition coefficient (Wildman–Crippen LogP) is 2.74. The van der Waals surface area contributed by atoms with Gasteiger partial charge in [-0.1, -0.05) is 19.1 Å². The van der Waals surface area contributed by atoms with Crippen molar-refractivity contribution in [2.45, 2.75) is 26.7 Å². The summed E-state index contributed by atoms with van der Waals surface area (Å²) in [4.78, 5) is 25.7. The maximum absolute atomic E-state index is 11.9. The van der Waals surface area contributed by atoms with Crippen LogP contribution < -0.4 is 10.6 Å². The van der Waals surface area contributed by atoms with Crippen LogP contribution in [0.5, 0.6) is 0 Å². The Labute approximate surface area is 132 Å². The molecule has 1 fully saturated rings. The van der Waals surface area contributed by atoms with Crippen molar-refractivity contribution < 1.29 is 9.59 Å². The molecule has 22 heavy (non-hydrogen) atoms. The van der Waals surface area contributed by atoms with E-state index >= 15 is 0 Å². The number of hydrogen-bond acceptors (Lipinski definition) is 3. The molecule has 0 radical (unpaired) electrons. The zero-order valence-electron chi connectivity index (χ0n) is 13.4. The molecule has 0 bridgehead atoms. The quantitative estimate of drug-likeness (QED) is 0.794. The maximum atomic E-state index is 11.9. The van der Waals surface area contributed by atoms with Crippen molar-refractivity contribution in [1.82, 2.24) is 10.2 Å². The molecule has 5 heteroatoms. The van der Waals surface area contributed by atoms with Gasteiger partial charge < -0.3 is 15.5 Å². The first-order valence-corrected chi connectivity index (χ1v) is 7.96. The predicted molar refractivity (Wildman–Crippen MR) is 88.3 cm³/mol. The minimum Gasteiger partial charge on any atom is -0.338 e. The number of hydrogen-bond donors (Lipinski definition) is 2. The number of Topliss-reactive ketones (excluding diaryl/α,β-unsaturated/α-hetero) is 1. The SMILES string of the molecule is CCCN1CCC(CNC(=O)Nc2cccc(C(C)=O)c2)C1. The minimum atomic E-state index is -0.213. The lowest BCUT2D eigenvalue weighted by Crippen LogP contribution is -2.34. The zero-order chi connectivity index (χ0) is 15.9. The molecule has 1 saturated heterocycles. The molecule has 1 heterocycles. The van der Waals surface area contributed by atoms with Crippen molar-refractivity contribution in [2.24, 2.45) is 5.92 Å². The molecule has 0 aliphatic carbocycles. The van der Waals surface area contributed by atoms with E-state index in [4.69, 9.17) is 0 Å². The third kappa shape index (κ3) is 4.84. The first kappa shape index (κ1) is 16.5. The summed E-state index contributed by atoms with van der Waals surface area (Å²) in [5.74, 6) is 0.520. The summed E-state index contributed by atoms with van der Waals surface area (Å²) in [5.41, 5.74) is 1.24. The Kier molecular flexibility index (Phi) is 5.95. The fraction of sp³-hybridized carbons (Fsp3) is 0.529. The number of benzene rings is 1. The van der Waals surface area contributed by atoms with Crippen molar-refractivity contribution in [2.75, 3.05) is 31.5 Å². The highest BCUT2D eigenvalue weighted by Crippen LogP contribution is 2.15. The number of carbonyl (C=O) groups is 2. The van der Waals surface area contributed by atoms with Crippen LogP contribution in [-0.4, -0.2) is 42.9 Å². The van der Waals surface area contributed by atoms with Crippen molar-refractivity contribution in [3.05, 3.63) is 29.8 Å². The highest BCUT2D eigenvalue weighted by Gasteiger charge is 2.21. The maximum Gasteiger partial charge on any atom is 0.319 e. The van der Waals surface area contributed by atoms with Crippen molar-refractivity contribution >= 4 is 17.5 Å². The van der Waals surface area contributed by atoms with E-state index in [0.717, 1.165) is 26.1 Å². The van der Waals surface area contributed by atoms with Crippen molar-refractivity contribution in [3.63, 3.8) is 0 Å². The number of carbonyl (C=O) groups excluding carboxylic acids is 2. The number of urea groups is 1. The molecule has 2 N–H and O–H groups in total. The molecule has 1 aliphatic heterocycles. The van der Waals surface area contributed by atoms with Gasteiger partial charge in [-0.15, -0.1) is 0 Å². The lowest BCUT2D eigenvalue weighted by Gasteiger charge is -2.15. The van der Waals surface area contributed by atoms with Crippen LogP contribution in [0.1, 0.15) is 37.0 Å². The molecule has 2 rings (SSSR count). The molecular formula is C17H25N3O2. The molecule has 0 spiro atoms. The van der Waals surface area contributed by atoms with Gasteiger partial charge in [0, 0.05) is 24.3 Å². The van der Waals surface area contributed by atoms with Gasteiger partial charge in [0.1, 0.15) is 0 Å². The van der Waals surface area contributed by atoms with Crippen LogP contribution in [0.25, 0.3) is 0 Å². The smallest absolute Gasteiger partial charge is 0.319 e. The van der Waals surface area contributed by atoms with E-state index in [0.29, 0.717) is 23.7 Å². The number of nitrogens with one attached hydrogen (secondary N) is 2.